The molecule has 4 rings (SSSR count). The van der Waals surface area contributed by atoms with E-state index in [4.69, 9.17) is 23.2 Å². The molecule has 0 aliphatic carbocycles. The van der Waals surface area contributed by atoms with Gasteiger partial charge in [0.05, 0.1) is 12.2 Å². The van der Waals surface area contributed by atoms with Gasteiger partial charge in [0, 0.05) is 33.6 Å². The topological polar surface area (TPSA) is 61.4 Å². The standard InChI is InChI=1S/C16H12Cl2N6/c1-23-15(8-24-9-19-21-22-24)13-4-2-3-12(16(13)20-23)11-6-5-10(17)7-14(11)18/h2-7,9H,8H2,1H3. The Labute approximate surface area is 147 Å². The predicted molar refractivity (Wildman–Crippen MR) is 93.1 cm³/mol. The highest BCUT2D eigenvalue weighted by Gasteiger charge is 2.15. The van der Waals surface area contributed by atoms with Crippen LogP contribution in [-0.2, 0) is 13.6 Å². The molecule has 8 heteroatoms. The Morgan fingerprint density at radius 3 is 2.71 bits per heavy atom. The van der Waals surface area contributed by atoms with Crippen LogP contribution >= 0.6 is 23.2 Å². The van der Waals surface area contributed by atoms with Crippen molar-refractivity contribution < 1.29 is 0 Å². The van der Waals surface area contributed by atoms with Crippen molar-refractivity contribution in [2.75, 3.05) is 0 Å². The van der Waals surface area contributed by atoms with E-state index in [0.29, 0.717) is 16.6 Å². The Hall–Kier alpha value is -2.44. The summed E-state index contributed by atoms with van der Waals surface area (Å²) in [5.41, 5.74) is 3.77. The first-order valence-corrected chi connectivity index (χ1v) is 8.00. The maximum absolute atomic E-state index is 6.38. The number of tetrazole rings is 1. The molecule has 0 fully saturated rings. The predicted octanol–water partition coefficient (Wildman–Crippen LogP) is 3.58. The molecule has 4 aromatic rings. The Morgan fingerprint density at radius 2 is 1.96 bits per heavy atom. The zero-order chi connectivity index (χ0) is 16.7. The van der Waals surface area contributed by atoms with Crippen molar-refractivity contribution in [1.82, 2.24) is 30.0 Å². The van der Waals surface area contributed by atoms with Gasteiger partial charge in [0.2, 0.25) is 0 Å². The van der Waals surface area contributed by atoms with Gasteiger partial charge in [-0.1, -0.05) is 47.5 Å². The molecule has 0 spiro atoms. The van der Waals surface area contributed by atoms with Crippen LogP contribution in [0, 0.1) is 0 Å². The van der Waals surface area contributed by atoms with Crippen LogP contribution in [-0.4, -0.2) is 30.0 Å². The first-order valence-electron chi connectivity index (χ1n) is 7.24. The number of hydrogen-bond acceptors (Lipinski definition) is 4. The molecule has 0 saturated carbocycles. The van der Waals surface area contributed by atoms with E-state index in [9.17, 15) is 0 Å². The first kappa shape index (κ1) is 15.1. The first-order chi connectivity index (χ1) is 11.6. The lowest BCUT2D eigenvalue weighted by Gasteiger charge is -2.06. The molecule has 2 aromatic heterocycles. The van der Waals surface area contributed by atoms with Crippen LogP contribution in [0.3, 0.4) is 0 Å². The van der Waals surface area contributed by atoms with E-state index in [1.54, 1.807) is 17.1 Å². The Morgan fingerprint density at radius 1 is 1.08 bits per heavy atom. The zero-order valence-corrected chi connectivity index (χ0v) is 14.2. The van der Waals surface area contributed by atoms with E-state index in [1.807, 2.05) is 42.1 Å². The molecule has 0 aliphatic heterocycles. The zero-order valence-electron chi connectivity index (χ0n) is 12.7. The Bertz CT molecular complexity index is 1020. The van der Waals surface area contributed by atoms with Gasteiger partial charge in [-0.05, 0) is 22.6 Å². The largest absolute Gasteiger partial charge is 0.269 e. The number of fused-ring (bicyclic) bond motifs is 1. The summed E-state index contributed by atoms with van der Waals surface area (Å²) < 4.78 is 3.51. The molecule has 2 heterocycles. The molecule has 0 saturated heterocycles. The highest BCUT2D eigenvalue weighted by atomic mass is 35.5. The minimum Gasteiger partial charge on any atom is -0.269 e. The van der Waals surface area contributed by atoms with Crippen LogP contribution in [0.2, 0.25) is 10.0 Å². The monoisotopic (exact) mass is 358 g/mol. The van der Waals surface area contributed by atoms with Gasteiger partial charge in [0.1, 0.15) is 11.8 Å². The summed E-state index contributed by atoms with van der Waals surface area (Å²) >= 11 is 12.4. The fourth-order valence-electron chi connectivity index (χ4n) is 2.79. The normalized spacial score (nSPS) is 11.3. The van der Waals surface area contributed by atoms with E-state index in [0.717, 1.165) is 27.7 Å². The fourth-order valence-corrected chi connectivity index (χ4v) is 3.30. The SMILES string of the molecule is Cn1nc2c(-c3ccc(Cl)cc3Cl)cccc2c1Cn1cnnn1. The van der Waals surface area contributed by atoms with Gasteiger partial charge in [0.15, 0.2) is 0 Å². The van der Waals surface area contributed by atoms with Crippen molar-refractivity contribution in [3.8, 4) is 11.1 Å². The summed E-state index contributed by atoms with van der Waals surface area (Å²) in [6.45, 7) is 0.539. The van der Waals surface area contributed by atoms with Crippen molar-refractivity contribution in [1.29, 1.82) is 0 Å². The highest BCUT2D eigenvalue weighted by molar-refractivity contribution is 6.36. The van der Waals surface area contributed by atoms with Gasteiger partial charge in [-0.3, -0.25) is 4.68 Å². The minimum atomic E-state index is 0.539. The van der Waals surface area contributed by atoms with Gasteiger partial charge in [-0.25, -0.2) is 4.68 Å². The highest BCUT2D eigenvalue weighted by Crippen LogP contribution is 2.35. The third kappa shape index (κ3) is 2.53. The van der Waals surface area contributed by atoms with Crippen LogP contribution < -0.4 is 0 Å². The lowest BCUT2D eigenvalue weighted by atomic mass is 10.0. The quantitative estimate of drug-likeness (QED) is 0.561. The molecule has 120 valence electrons. The molecule has 24 heavy (non-hydrogen) atoms. The van der Waals surface area contributed by atoms with Crippen LogP contribution in [0.25, 0.3) is 22.0 Å². The van der Waals surface area contributed by atoms with Gasteiger partial charge >= 0.3 is 0 Å². The second-order valence-electron chi connectivity index (χ2n) is 5.40. The number of aromatic nitrogens is 6. The van der Waals surface area contributed by atoms with Crippen molar-refractivity contribution in [2.45, 2.75) is 6.54 Å². The van der Waals surface area contributed by atoms with Crippen LogP contribution in [0.1, 0.15) is 5.69 Å². The van der Waals surface area contributed by atoms with Gasteiger partial charge in [0.25, 0.3) is 0 Å². The summed E-state index contributed by atoms with van der Waals surface area (Å²) in [6.07, 6.45) is 1.58. The second kappa shape index (κ2) is 5.89. The molecule has 0 amide bonds. The molecule has 0 N–H and O–H groups in total. The Balaban J connectivity index is 1.89. The summed E-state index contributed by atoms with van der Waals surface area (Å²) in [6, 6.07) is 11.5. The maximum atomic E-state index is 6.38. The van der Waals surface area contributed by atoms with Gasteiger partial charge in [-0.2, -0.15) is 5.10 Å². The molecule has 0 unspecified atom stereocenters. The number of rotatable bonds is 3. The van der Waals surface area contributed by atoms with E-state index in [1.165, 1.54) is 0 Å². The molecule has 0 radical (unpaired) electrons. The summed E-state index contributed by atoms with van der Waals surface area (Å²) in [4.78, 5) is 0. The molecule has 0 bridgehead atoms. The number of benzene rings is 2. The van der Waals surface area contributed by atoms with Gasteiger partial charge < -0.3 is 0 Å². The third-order valence-corrected chi connectivity index (χ3v) is 4.46. The summed E-state index contributed by atoms with van der Waals surface area (Å²) in [5.74, 6) is 0. The van der Waals surface area contributed by atoms with E-state index >= 15 is 0 Å². The fraction of sp³-hybridized carbons (Fsp3) is 0.125. The smallest absolute Gasteiger partial charge is 0.138 e. The molecular formula is C16H12Cl2N6. The van der Waals surface area contributed by atoms with Crippen molar-refractivity contribution >= 4 is 34.1 Å². The summed E-state index contributed by atoms with van der Waals surface area (Å²) in [5, 5.41) is 18.2. The third-order valence-electron chi connectivity index (χ3n) is 3.91. The Kier molecular flexibility index (Phi) is 3.70. The van der Waals surface area contributed by atoms with Crippen molar-refractivity contribution in [3.63, 3.8) is 0 Å². The maximum Gasteiger partial charge on any atom is 0.138 e. The molecule has 0 aliphatic rings. The molecule has 6 nitrogen and oxygen atoms in total. The van der Waals surface area contributed by atoms with Crippen LogP contribution in [0.5, 0.6) is 0 Å². The lowest BCUT2D eigenvalue weighted by Crippen LogP contribution is -2.06. The molecule has 2 aromatic carbocycles. The molecular weight excluding hydrogens is 347 g/mol. The number of nitrogens with zero attached hydrogens (tertiary/aromatic N) is 6. The van der Waals surface area contributed by atoms with Crippen molar-refractivity contribution in [2.24, 2.45) is 7.05 Å². The number of hydrogen-bond donors (Lipinski definition) is 0. The average Bonchev–Trinajstić information content (AvgIpc) is 3.17. The summed E-state index contributed by atoms with van der Waals surface area (Å²) in [7, 11) is 1.91. The van der Waals surface area contributed by atoms with Crippen molar-refractivity contribution in [3.05, 3.63) is 58.5 Å². The number of halogens is 2. The molecule has 0 atom stereocenters. The lowest BCUT2D eigenvalue weighted by molar-refractivity contribution is 0.603. The second-order valence-corrected chi connectivity index (χ2v) is 6.25. The number of aryl methyl sites for hydroxylation is 1. The van der Waals surface area contributed by atoms with E-state index < -0.39 is 0 Å². The van der Waals surface area contributed by atoms with E-state index in [2.05, 4.69) is 20.6 Å². The average molecular weight is 359 g/mol. The van der Waals surface area contributed by atoms with Gasteiger partial charge in [-0.15, -0.1) is 5.10 Å². The van der Waals surface area contributed by atoms with Crippen LogP contribution in [0.15, 0.2) is 42.7 Å². The van der Waals surface area contributed by atoms with E-state index in [-0.39, 0.29) is 0 Å². The van der Waals surface area contributed by atoms with Crippen LogP contribution in [0.4, 0.5) is 0 Å². The minimum absolute atomic E-state index is 0.539.